The van der Waals surface area contributed by atoms with E-state index in [0.717, 1.165) is 0 Å². The van der Waals surface area contributed by atoms with Crippen molar-refractivity contribution in [1.29, 1.82) is 0 Å². The van der Waals surface area contributed by atoms with Crippen molar-refractivity contribution in [2.45, 2.75) is 17.9 Å². The average Bonchev–Trinajstić information content (AvgIpc) is 2.79. The minimum atomic E-state index is -3.52. The second-order valence-electron chi connectivity index (χ2n) is 5.27. The Morgan fingerprint density at radius 3 is 2.48 bits per heavy atom. The van der Waals surface area contributed by atoms with E-state index in [1.54, 1.807) is 12.1 Å². The number of halogens is 1. The molecule has 2 atom stereocenters. The molecule has 8 heteroatoms. The van der Waals surface area contributed by atoms with E-state index in [1.165, 1.54) is 10.4 Å². The number of benzene rings is 1. The lowest BCUT2D eigenvalue weighted by atomic mass is 10.1. The van der Waals surface area contributed by atoms with Gasteiger partial charge in [0, 0.05) is 25.2 Å². The van der Waals surface area contributed by atoms with E-state index in [0.29, 0.717) is 37.8 Å². The Morgan fingerprint density at radius 1 is 1.19 bits per heavy atom. The zero-order valence-electron chi connectivity index (χ0n) is 11.7. The lowest BCUT2D eigenvalue weighted by Gasteiger charge is -2.21. The van der Waals surface area contributed by atoms with Crippen LogP contribution < -0.4 is 15.2 Å². The molecule has 2 heterocycles. The Bertz CT molecular complexity index is 613. The SMILES string of the molecule is CC1CN(S(=O)(=O)c2ccc3c(c2)OCCO3)CC1N.Cl. The number of hydrogen-bond acceptors (Lipinski definition) is 5. The standard InChI is InChI=1S/C13H18N2O4S.ClH/c1-9-7-15(8-11(9)14)20(16,17)10-2-3-12-13(6-10)19-5-4-18-12;/h2-3,6,9,11H,4-5,7-8,14H2,1H3;1H. The van der Waals surface area contributed by atoms with Crippen LogP contribution in [0.2, 0.25) is 0 Å². The molecule has 0 aliphatic carbocycles. The second-order valence-corrected chi connectivity index (χ2v) is 7.21. The summed E-state index contributed by atoms with van der Waals surface area (Å²) in [6, 6.07) is 4.61. The first-order valence-electron chi connectivity index (χ1n) is 6.64. The van der Waals surface area contributed by atoms with Gasteiger partial charge in [0.05, 0.1) is 4.90 Å². The van der Waals surface area contributed by atoms with Crippen LogP contribution in [0.3, 0.4) is 0 Å². The first kappa shape index (κ1) is 16.4. The van der Waals surface area contributed by atoms with E-state index in [-0.39, 0.29) is 29.3 Å². The smallest absolute Gasteiger partial charge is 0.243 e. The van der Waals surface area contributed by atoms with Crippen LogP contribution in [-0.4, -0.2) is 45.1 Å². The summed E-state index contributed by atoms with van der Waals surface area (Å²) >= 11 is 0. The van der Waals surface area contributed by atoms with Crippen molar-refractivity contribution in [3.63, 3.8) is 0 Å². The molecule has 2 aliphatic heterocycles. The lowest BCUT2D eigenvalue weighted by molar-refractivity contribution is 0.171. The minimum Gasteiger partial charge on any atom is -0.486 e. The Labute approximate surface area is 130 Å². The second kappa shape index (κ2) is 6.00. The highest BCUT2D eigenvalue weighted by Gasteiger charge is 2.35. The topological polar surface area (TPSA) is 81.9 Å². The molecule has 1 fully saturated rings. The Hall–Kier alpha value is -1.02. The highest BCUT2D eigenvalue weighted by atomic mass is 35.5. The number of nitrogens with two attached hydrogens (primary N) is 1. The molecule has 2 N–H and O–H groups in total. The van der Waals surface area contributed by atoms with Crippen LogP contribution in [0.25, 0.3) is 0 Å². The third-order valence-corrected chi connectivity index (χ3v) is 5.62. The van der Waals surface area contributed by atoms with Gasteiger partial charge in [-0.25, -0.2) is 8.42 Å². The predicted octanol–water partition coefficient (Wildman–Crippen LogP) is 0.847. The number of ether oxygens (including phenoxy) is 2. The molecule has 1 aromatic rings. The number of nitrogens with zero attached hydrogens (tertiary/aromatic N) is 1. The fraction of sp³-hybridized carbons (Fsp3) is 0.538. The summed E-state index contributed by atoms with van der Waals surface area (Å²) in [6.07, 6.45) is 0. The Balaban J connectivity index is 0.00000161. The summed E-state index contributed by atoms with van der Waals surface area (Å²) in [7, 11) is -3.52. The number of rotatable bonds is 2. The molecule has 0 aromatic heterocycles. The van der Waals surface area contributed by atoms with Crippen molar-refractivity contribution in [1.82, 2.24) is 4.31 Å². The molecular formula is C13H19ClN2O4S. The maximum atomic E-state index is 12.6. The average molecular weight is 335 g/mol. The van der Waals surface area contributed by atoms with E-state index < -0.39 is 10.0 Å². The Kier molecular flexibility index (Phi) is 4.67. The molecule has 0 saturated carbocycles. The van der Waals surface area contributed by atoms with Gasteiger partial charge in [-0.1, -0.05) is 6.92 Å². The summed E-state index contributed by atoms with van der Waals surface area (Å²) in [6.45, 7) is 3.69. The molecule has 1 saturated heterocycles. The maximum Gasteiger partial charge on any atom is 0.243 e. The molecule has 118 valence electrons. The van der Waals surface area contributed by atoms with E-state index in [9.17, 15) is 8.42 Å². The van der Waals surface area contributed by atoms with Crippen molar-refractivity contribution in [3.05, 3.63) is 18.2 Å². The third kappa shape index (κ3) is 2.96. The molecule has 3 rings (SSSR count). The van der Waals surface area contributed by atoms with Gasteiger partial charge in [-0.05, 0) is 18.1 Å². The van der Waals surface area contributed by atoms with Crippen LogP contribution in [0.15, 0.2) is 23.1 Å². The maximum absolute atomic E-state index is 12.6. The molecule has 1 aromatic carbocycles. The van der Waals surface area contributed by atoms with Crippen LogP contribution >= 0.6 is 12.4 Å². The summed E-state index contributed by atoms with van der Waals surface area (Å²) in [5, 5.41) is 0. The zero-order valence-corrected chi connectivity index (χ0v) is 13.3. The summed E-state index contributed by atoms with van der Waals surface area (Å²) in [5.41, 5.74) is 5.90. The van der Waals surface area contributed by atoms with Gasteiger partial charge in [-0.3, -0.25) is 0 Å². The van der Waals surface area contributed by atoms with Gasteiger partial charge in [0.1, 0.15) is 13.2 Å². The van der Waals surface area contributed by atoms with E-state index in [1.807, 2.05) is 6.92 Å². The van der Waals surface area contributed by atoms with Gasteiger partial charge in [-0.2, -0.15) is 4.31 Å². The van der Waals surface area contributed by atoms with Gasteiger partial charge in [-0.15, -0.1) is 12.4 Å². The lowest BCUT2D eigenvalue weighted by Crippen LogP contribution is -2.32. The normalized spacial score (nSPS) is 25.4. The molecule has 6 nitrogen and oxygen atoms in total. The van der Waals surface area contributed by atoms with Gasteiger partial charge in [0.25, 0.3) is 0 Å². The largest absolute Gasteiger partial charge is 0.486 e. The van der Waals surface area contributed by atoms with Crippen molar-refractivity contribution in [2.75, 3.05) is 26.3 Å². The molecule has 0 bridgehead atoms. The molecule has 0 amide bonds. The van der Waals surface area contributed by atoms with Gasteiger partial charge >= 0.3 is 0 Å². The highest BCUT2D eigenvalue weighted by molar-refractivity contribution is 7.89. The van der Waals surface area contributed by atoms with Crippen LogP contribution in [0.5, 0.6) is 11.5 Å². The molecule has 0 spiro atoms. The highest BCUT2D eigenvalue weighted by Crippen LogP contribution is 2.34. The van der Waals surface area contributed by atoms with Crippen LogP contribution in [0.4, 0.5) is 0 Å². The first-order valence-corrected chi connectivity index (χ1v) is 8.08. The fourth-order valence-electron chi connectivity index (χ4n) is 2.48. The zero-order chi connectivity index (χ0) is 14.3. The fourth-order valence-corrected chi connectivity index (χ4v) is 4.07. The molecule has 21 heavy (non-hydrogen) atoms. The van der Waals surface area contributed by atoms with Gasteiger partial charge in [0.2, 0.25) is 10.0 Å². The number of fused-ring (bicyclic) bond motifs is 1. The number of sulfonamides is 1. The van der Waals surface area contributed by atoms with Crippen molar-refractivity contribution >= 4 is 22.4 Å². The summed E-state index contributed by atoms with van der Waals surface area (Å²) < 4.78 is 37.4. The van der Waals surface area contributed by atoms with Crippen LogP contribution in [0, 0.1) is 5.92 Å². The minimum absolute atomic E-state index is 0. The quantitative estimate of drug-likeness (QED) is 0.867. The predicted molar refractivity (Wildman–Crippen MR) is 80.6 cm³/mol. The van der Waals surface area contributed by atoms with Crippen LogP contribution in [0.1, 0.15) is 6.92 Å². The molecular weight excluding hydrogens is 316 g/mol. The van der Waals surface area contributed by atoms with Gasteiger partial charge < -0.3 is 15.2 Å². The molecule has 2 unspecified atom stereocenters. The van der Waals surface area contributed by atoms with E-state index in [2.05, 4.69) is 0 Å². The van der Waals surface area contributed by atoms with E-state index >= 15 is 0 Å². The van der Waals surface area contributed by atoms with E-state index in [4.69, 9.17) is 15.2 Å². The van der Waals surface area contributed by atoms with Crippen molar-refractivity contribution in [3.8, 4) is 11.5 Å². The first-order chi connectivity index (χ1) is 9.48. The van der Waals surface area contributed by atoms with Gasteiger partial charge in [0.15, 0.2) is 11.5 Å². The van der Waals surface area contributed by atoms with Crippen molar-refractivity contribution in [2.24, 2.45) is 11.7 Å². The molecule has 2 aliphatic rings. The number of hydrogen-bond donors (Lipinski definition) is 1. The van der Waals surface area contributed by atoms with Crippen molar-refractivity contribution < 1.29 is 17.9 Å². The summed E-state index contributed by atoms with van der Waals surface area (Å²) in [5.74, 6) is 1.23. The third-order valence-electron chi connectivity index (χ3n) is 3.79. The molecule has 0 radical (unpaired) electrons. The summed E-state index contributed by atoms with van der Waals surface area (Å²) in [4.78, 5) is 0.225. The monoisotopic (exact) mass is 334 g/mol. The van der Waals surface area contributed by atoms with Crippen LogP contribution in [-0.2, 0) is 10.0 Å². The Morgan fingerprint density at radius 2 is 1.86 bits per heavy atom.